The number of rotatable bonds is 3. The van der Waals surface area contributed by atoms with Crippen molar-refractivity contribution in [2.75, 3.05) is 5.32 Å². The summed E-state index contributed by atoms with van der Waals surface area (Å²) in [5.74, 6) is 0. The molecule has 0 amide bonds. The minimum Gasteiger partial charge on any atom is -0.383 e. The Bertz CT molecular complexity index is 353. The van der Waals surface area contributed by atoms with Gasteiger partial charge in [0.15, 0.2) is 0 Å². The third-order valence-corrected chi connectivity index (χ3v) is 1.92. The Hall–Kier alpha value is -1.29. The Kier molecular flexibility index (Phi) is 3.30. The lowest BCUT2D eigenvalue weighted by atomic mass is 10.2. The van der Waals surface area contributed by atoms with E-state index in [0.717, 1.165) is 0 Å². The molecular formula is C9H11ClN2O2. The van der Waals surface area contributed by atoms with E-state index in [1.807, 2.05) is 13.8 Å². The summed E-state index contributed by atoms with van der Waals surface area (Å²) in [7, 11) is 0. The Morgan fingerprint density at radius 2 is 2.14 bits per heavy atom. The van der Waals surface area contributed by atoms with Crippen molar-refractivity contribution in [2.24, 2.45) is 0 Å². The molecule has 0 bridgehead atoms. The number of hydrogen-bond donors (Lipinski definition) is 1. The summed E-state index contributed by atoms with van der Waals surface area (Å²) in [6, 6.07) is 4.90. The molecule has 0 aliphatic heterocycles. The molecule has 0 spiro atoms. The maximum absolute atomic E-state index is 10.6. The van der Waals surface area contributed by atoms with Gasteiger partial charge in [-0.2, -0.15) is 0 Å². The van der Waals surface area contributed by atoms with Gasteiger partial charge in [-0.1, -0.05) is 11.6 Å². The second-order valence-electron chi connectivity index (χ2n) is 3.22. The zero-order chi connectivity index (χ0) is 10.7. The van der Waals surface area contributed by atoms with Crippen LogP contribution in [-0.4, -0.2) is 11.0 Å². The van der Waals surface area contributed by atoms with Crippen molar-refractivity contribution in [1.29, 1.82) is 0 Å². The molecule has 1 rings (SSSR count). The van der Waals surface area contributed by atoms with E-state index in [4.69, 9.17) is 11.6 Å². The number of benzene rings is 1. The normalized spacial score (nSPS) is 10.3. The van der Waals surface area contributed by atoms with Gasteiger partial charge in [-0.25, -0.2) is 0 Å². The molecule has 1 N–H and O–H groups in total. The Morgan fingerprint density at radius 3 is 2.64 bits per heavy atom. The highest BCUT2D eigenvalue weighted by atomic mass is 35.5. The van der Waals surface area contributed by atoms with E-state index in [2.05, 4.69) is 5.32 Å². The molecule has 0 aliphatic rings. The minimum absolute atomic E-state index is 0.0719. The fourth-order valence-corrected chi connectivity index (χ4v) is 1.26. The van der Waals surface area contributed by atoms with E-state index in [1.165, 1.54) is 12.1 Å². The molecular weight excluding hydrogens is 204 g/mol. The van der Waals surface area contributed by atoms with Crippen LogP contribution < -0.4 is 5.32 Å². The van der Waals surface area contributed by atoms with Crippen LogP contribution in [0.4, 0.5) is 11.4 Å². The second-order valence-corrected chi connectivity index (χ2v) is 3.63. The van der Waals surface area contributed by atoms with Crippen LogP contribution in [-0.2, 0) is 0 Å². The highest BCUT2D eigenvalue weighted by Crippen LogP contribution is 2.27. The molecule has 0 atom stereocenters. The molecule has 0 aliphatic carbocycles. The number of nitrogens with one attached hydrogen (secondary N) is 1. The molecule has 14 heavy (non-hydrogen) atoms. The van der Waals surface area contributed by atoms with Crippen LogP contribution in [0.25, 0.3) is 0 Å². The predicted molar refractivity (Wildman–Crippen MR) is 56.9 cm³/mol. The number of halogens is 1. The maximum Gasteiger partial charge on any atom is 0.289 e. The first-order valence-corrected chi connectivity index (χ1v) is 4.59. The number of nitrogens with zero attached hydrogens (tertiary/aromatic N) is 1. The first kappa shape index (κ1) is 10.8. The van der Waals surface area contributed by atoms with Crippen molar-refractivity contribution in [3.63, 3.8) is 0 Å². The van der Waals surface area contributed by atoms with E-state index in [-0.39, 0.29) is 16.8 Å². The topological polar surface area (TPSA) is 55.2 Å². The van der Waals surface area contributed by atoms with Crippen molar-refractivity contribution in [3.8, 4) is 0 Å². The van der Waals surface area contributed by atoms with Gasteiger partial charge < -0.3 is 5.32 Å². The summed E-state index contributed by atoms with van der Waals surface area (Å²) >= 11 is 5.66. The van der Waals surface area contributed by atoms with E-state index in [1.54, 1.807) is 6.07 Å². The van der Waals surface area contributed by atoms with Crippen LogP contribution in [0.2, 0.25) is 5.02 Å². The van der Waals surface area contributed by atoms with Crippen molar-refractivity contribution in [1.82, 2.24) is 0 Å². The maximum atomic E-state index is 10.6. The largest absolute Gasteiger partial charge is 0.383 e. The lowest BCUT2D eigenvalue weighted by molar-refractivity contribution is -0.384. The third-order valence-electron chi connectivity index (χ3n) is 1.60. The van der Waals surface area contributed by atoms with Crippen molar-refractivity contribution in [3.05, 3.63) is 33.3 Å². The molecule has 1 aromatic carbocycles. The fraction of sp³-hybridized carbons (Fsp3) is 0.333. The zero-order valence-electron chi connectivity index (χ0n) is 7.95. The summed E-state index contributed by atoms with van der Waals surface area (Å²) in [6.45, 7) is 3.92. The van der Waals surface area contributed by atoms with Gasteiger partial charge in [-0.15, -0.1) is 0 Å². The molecule has 0 heterocycles. The smallest absolute Gasteiger partial charge is 0.289 e. The standard InChI is InChI=1S/C9H11ClN2O2/c1-6(2)11-7-3-4-8(10)9(5-7)12(13)14/h3-6,11H,1-2H3. The molecule has 1 aromatic rings. The molecule has 0 radical (unpaired) electrons. The van der Waals surface area contributed by atoms with Gasteiger partial charge >= 0.3 is 0 Å². The van der Waals surface area contributed by atoms with Gasteiger partial charge in [0.2, 0.25) is 0 Å². The number of nitro groups is 1. The molecule has 0 saturated carbocycles. The molecule has 0 saturated heterocycles. The average molecular weight is 215 g/mol. The summed E-state index contributed by atoms with van der Waals surface area (Å²) < 4.78 is 0. The third kappa shape index (κ3) is 2.60. The molecule has 5 heteroatoms. The Labute approximate surface area is 87.0 Å². The molecule has 4 nitrogen and oxygen atoms in total. The monoisotopic (exact) mass is 214 g/mol. The SMILES string of the molecule is CC(C)Nc1ccc(Cl)c([N+](=O)[O-])c1. The average Bonchev–Trinajstić information content (AvgIpc) is 2.07. The summed E-state index contributed by atoms with van der Waals surface area (Å²) in [5, 5.41) is 13.8. The van der Waals surface area contributed by atoms with Gasteiger partial charge in [0.1, 0.15) is 5.02 Å². The number of hydrogen-bond acceptors (Lipinski definition) is 3. The quantitative estimate of drug-likeness (QED) is 0.622. The van der Waals surface area contributed by atoms with Crippen LogP contribution in [0, 0.1) is 10.1 Å². The first-order chi connectivity index (χ1) is 6.50. The van der Waals surface area contributed by atoms with Crippen LogP contribution in [0.1, 0.15) is 13.8 Å². The van der Waals surface area contributed by atoms with E-state index >= 15 is 0 Å². The van der Waals surface area contributed by atoms with Gasteiger partial charge in [0.25, 0.3) is 5.69 Å². The van der Waals surface area contributed by atoms with Crippen molar-refractivity contribution < 1.29 is 4.92 Å². The highest BCUT2D eigenvalue weighted by Gasteiger charge is 2.12. The van der Waals surface area contributed by atoms with Crippen LogP contribution >= 0.6 is 11.6 Å². The first-order valence-electron chi connectivity index (χ1n) is 4.21. The van der Waals surface area contributed by atoms with Crippen molar-refractivity contribution >= 4 is 23.0 Å². The Morgan fingerprint density at radius 1 is 1.50 bits per heavy atom. The van der Waals surface area contributed by atoms with Crippen molar-refractivity contribution in [2.45, 2.75) is 19.9 Å². The fourth-order valence-electron chi connectivity index (χ4n) is 1.08. The highest BCUT2D eigenvalue weighted by molar-refractivity contribution is 6.32. The molecule has 0 fully saturated rings. The van der Waals surface area contributed by atoms with Gasteiger partial charge in [0, 0.05) is 17.8 Å². The second kappa shape index (κ2) is 4.28. The summed E-state index contributed by atoms with van der Waals surface area (Å²) in [4.78, 5) is 10.1. The van der Waals surface area contributed by atoms with Gasteiger partial charge in [-0.3, -0.25) is 10.1 Å². The van der Waals surface area contributed by atoms with Gasteiger partial charge in [-0.05, 0) is 26.0 Å². The molecule has 76 valence electrons. The number of anilines is 1. The minimum atomic E-state index is -0.492. The van der Waals surface area contributed by atoms with E-state index in [9.17, 15) is 10.1 Å². The number of nitro benzene ring substituents is 1. The van der Waals surface area contributed by atoms with E-state index < -0.39 is 4.92 Å². The predicted octanol–water partition coefficient (Wildman–Crippen LogP) is 3.07. The Balaban J connectivity index is 3.00. The van der Waals surface area contributed by atoms with E-state index in [0.29, 0.717) is 5.69 Å². The molecule has 0 unspecified atom stereocenters. The lowest BCUT2D eigenvalue weighted by Crippen LogP contribution is -2.09. The zero-order valence-corrected chi connectivity index (χ0v) is 8.71. The van der Waals surface area contributed by atoms with Crippen LogP contribution in [0.5, 0.6) is 0 Å². The molecule has 0 aromatic heterocycles. The van der Waals surface area contributed by atoms with Gasteiger partial charge in [0.05, 0.1) is 4.92 Å². The van der Waals surface area contributed by atoms with Crippen LogP contribution in [0.3, 0.4) is 0 Å². The summed E-state index contributed by atoms with van der Waals surface area (Å²) in [5.41, 5.74) is 0.633. The lowest BCUT2D eigenvalue weighted by Gasteiger charge is -2.09. The van der Waals surface area contributed by atoms with Crippen LogP contribution in [0.15, 0.2) is 18.2 Å². The summed E-state index contributed by atoms with van der Waals surface area (Å²) in [6.07, 6.45) is 0.